The summed E-state index contributed by atoms with van der Waals surface area (Å²) < 4.78 is 5.57. The van der Waals surface area contributed by atoms with E-state index in [-0.39, 0.29) is 12.5 Å². The highest BCUT2D eigenvalue weighted by molar-refractivity contribution is 5.98. The number of nitrogens with zero attached hydrogens (tertiary/aromatic N) is 2. The van der Waals surface area contributed by atoms with Crippen molar-refractivity contribution in [2.24, 2.45) is 0 Å². The van der Waals surface area contributed by atoms with E-state index < -0.39 is 0 Å². The van der Waals surface area contributed by atoms with Crippen molar-refractivity contribution in [1.29, 1.82) is 0 Å². The third-order valence-corrected chi connectivity index (χ3v) is 4.06. The average molecular weight is 377 g/mol. The Bertz CT molecular complexity index is 872. The SMILES string of the molecule is CN(OCCOc1ccccc1)C(=O)c1ccccc1NCc1ccncc1. The van der Waals surface area contributed by atoms with E-state index in [2.05, 4.69) is 10.3 Å². The van der Waals surface area contributed by atoms with Gasteiger partial charge in [-0.15, -0.1) is 0 Å². The van der Waals surface area contributed by atoms with Gasteiger partial charge in [-0.25, -0.2) is 5.06 Å². The van der Waals surface area contributed by atoms with Crippen LogP contribution in [-0.4, -0.2) is 36.2 Å². The van der Waals surface area contributed by atoms with Crippen LogP contribution in [0.25, 0.3) is 0 Å². The molecule has 2 aromatic carbocycles. The average Bonchev–Trinajstić information content (AvgIpc) is 2.76. The van der Waals surface area contributed by atoms with Gasteiger partial charge in [0.1, 0.15) is 19.0 Å². The first-order valence-corrected chi connectivity index (χ1v) is 9.04. The number of pyridine rings is 1. The first kappa shape index (κ1) is 19.4. The zero-order chi connectivity index (χ0) is 19.6. The van der Waals surface area contributed by atoms with Gasteiger partial charge < -0.3 is 10.1 Å². The van der Waals surface area contributed by atoms with Gasteiger partial charge in [-0.3, -0.25) is 14.6 Å². The van der Waals surface area contributed by atoms with Crippen molar-refractivity contribution < 1.29 is 14.4 Å². The van der Waals surface area contributed by atoms with Gasteiger partial charge in [-0.05, 0) is 42.0 Å². The molecule has 0 spiro atoms. The van der Waals surface area contributed by atoms with Gasteiger partial charge in [0, 0.05) is 31.7 Å². The van der Waals surface area contributed by atoms with Crippen LogP contribution < -0.4 is 10.1 Å². The minimum atomic E-state index is -0.225. The smallest absolute Gasteiger partial charge is 0.279 e. The summed E-state index contributed by atoms with van der Waals surface area (Å²) in [6.45, 7) is 1.22. The lowest BCUT2D eigenvalue weighted by Crippen LogP contribution is -2.29. The first-order chi connectivity index (χ1) is 13.7. The number of aromatic nitrogens is 1. The van der Waals surface area contributed by atoms with Gasteiger partial charge in [0.15, 0.2) is 0 Å². The highest BCUT2D eigenvalue weighted by Gasteiger charge is 2.16. The number of anilines is 1. The molecule has 0 aliphatic rings. The van der Waals surface area contributed by atoms with Crippen molar-refractivity contribution >= 4 is 11.6 Å². The molecule has 0 radical (unpaired) electrons. The number of carbonyl (C=O) groups excluding carboxylic acids is 1. The summed E-state index contributed by atoms with van der Waals surface area (Å²) >= 11 is 0. The summed E-state index contributed by atoms with van der Waals surface area (Å²) in [7, 11) is 1.60. The maximum absolute atomic E-state index is 12.8. The Hall–Kier alpha value is -3.38. The van der Waals surface area contributed by atoms with Gasteiger partial charge in [-0.2, -0.15) is 0 Å². The maximum Gasteiger partial charge on any atom is 0.279 e. The van der Waals surface area contributed by atoms with Gasteiger partial charge in [-0.1, -0.05) is 30.3 Å². The largest absolute Gasteiger partial charge is 0.491 e. The molecule has 1 heterocycles. The van der Waals surface area contributed by atoms with E-state index in [1.165, 1.54) is 5.06 Å². The Morgan fingerprint density at radius 3 is 2.46 bits per heavy atom. The number of nitrogens with one attached hydrogen (secondary N) is 1. The monoisotopic (exact) mass is 377 g/mol. The Morgan fingerprint density at radius 1 is 0.964 bits per heavy atom. The van der Waals surface area contributed by atoms with Crippen LogP contribution in [0.2, 0.25) is 0 Å². The zero-order valence-electron chi connectivity index (χ0n) is 15.7. The number of rotatable bonds is 9. The molecule has 0 atom stereocenters. The maximum atomic E-state index is 12.8. The van der Waals surface area contributed by atoms with Crippen LogP contribution in [0.15, 0.2) is 79.1 Å². The van der Waals surface area contributed by atoms with Crippen LogP contribution in [0.5, 0.6) is 5.75 Å². The number of hydroxylamine groups is 2. The normalized spacial score (nSPS) is 10.3. The van der Waals surface area contributed by atoms with Crippen molar-refractivity contribution in [3.05, 3.63) is 90.3 Å². The fourth-order valence-corrected chi connectivity index (χ4v) is 2.60. The minimum Gasteiger partial charge on any atom is -0.491 e. The Labute approximate surface area is 164 Å². The standard InChI is InChI=1S/C22H23N3O3/c1-25(28-16-15-27-19-7-3-2-4-8-19)22(26)20-9-5-6-10-21(20)24-17-18-11-13-23-14-12-18/h2-14,24H,15-17H2,1H3. The number of hydrogen-bond acceptors (Lipinski definition) is 5. The predicted octanol–water partition coefficient (Wildman–Crippen LogP) is 3.78. The molecule has 1 aromatic heterocycles. The zero-order valence-corrected chi connectivity index (χ0v) is 15.7. The lowest BCUT2D eigenvalue weighted by Gasteiger charge is -2.19. The Balaban J connectivity index is 1.52. The van der Waals surface area contributed by atoms with Crippen molar-refractivity contribution in [3.63, 3.8) is 0 Å². The summed E-state index contributed by atoms with van der Waals surface area (Å²) in [4.78, 5) is 22.3. The quantitative estimate of drug-likeness (QED) is 0.454. The first-order valence-electron chi connectivity index (χ1n) is 9.04. The summed E-state index contributed by atoms with van der Waals surface area (Å²) in [5, 5.41) is 4.54. The van der Waals surface area contributed by atoms with Crippen molar-refractivity contribution in [3.8, 4) is 5.75 Å². The van der Waals surface area contributed by atoms with Crippen LogP contribution in [0.4, 0.5) is 5.69 Å². The van der Waals surface area contributed by atoms with E-state index in [0.29, 0.717) is 18.7 Å². The number of amides is 1. The summed E-state index contributed by atoms with van der Waals surface area (Å²) in [5.41, 5.74) is 2.38. The molecular formula is C22H23N3O3. The topological polar surface area (TPSA) is 63.7 Å². The molecule has 0 saturated carbocycles. The summed E-state index contributed by atoms with van der Waals surface area (Å²) in [6, 6.07) is 20.7. The fraction of sp³-hybridized carbons (Fsp3) is 0.182. The fourth-order valence-electron chi connectivity index (χ4n) is 2.60. The van der Waals surface area contributed by atoms with Crippen molar-refractivity contribution in [1.82, 2.24) is 10.0 Å². The molecule has 0 unspecified atom stereocenters. The molecule has 6 nitrogen and oxygen atoms in total. The Kier molecular flexibility index (Phi) is 6.98. The number of benzene rings is 2. The number of carbonyl (C=O) groups is 1. The van der Waals surface area contributed by atoms with Crippen molar-refractivity contribution in [2.45, 2.75) is 6.54 Å². The molecule has 0 aliphatic carbocycles. The van der Waals surface area contributed by atoms with E-state index in [4.69, 9.17) is 9.57 Å². The number of para-hydroxylation sites is 2. The van der Waals surface area contributed by atoms with Crippen molar-refractivity contribution in [2.75, 3.05) is 25.6 Å². The van der Waals surface area contributed by atoms with E-state index in [1.807, 2.05) is 60.7 Å². The molecule has 3 rings (SSSR count). The van der Waals surface area contributed by atoms with E-state index in [0.717, 1.165) is 17.0 Å². The van der Waals surface area contributed by atoms with Gasteiger partial charge >= 0.3 is 0 Å². The second kappa shape index (κ2) is 10.1. The summed E-state index contributed by atoms with van der Waals surface area (Å²) in [5.74, 6) is 0.545. The van der Waals surface area contributed by atoms with Crippen LogP contribution >= 0.6 is 0 Å². The van der Waals surface area contributed by atoms with E-state index in [9.17, 15) is 4.79 Å². The second-order valence-corrected chi connectivity index (χ2v) is 6.05. The van der Waals surface area contributed by atoms with E-state index in [1.54, 1.807) is 25.5 Å². The molecule has 0 bridgehead atoms. The van der Waals surface area contributed by atoms with Gasteiger partial charge in [0.2, 0.25) is 0 Å². The predicted molar refractivity (Wildman–Crippen MR) is 108 cm³/mol. The lowest BCUT2D eigenvalue weighted by molar-refractivity contribution is -0.112. The molecule has 3 aromatic rings. The molecule has 28 heavy (non-hydrogen) atoms. The molecule has 0 aliphatic heterocycles. The Morgan fingerprint density at radius 2 is 1.68 bits per heavy atom. The van der Waals surface area contributed by atoms with Crippen LogP contribution in [0.3, 0.4) is 0 Å². The van der Waals surface area contributed by atoms with E-state index >= 15 is 0 Å². The molecule has 6 heteroatoms. The molecule has 0 saturated heterocycles. The second-order valence-electron chi connectivity index (χ2n) is 6.05. The van der Waals surface area contributed by atoms with Crippen LogP contribution in [0, 0.1) is 0 Å². The third-order valence-electron chi connectivity index (χ3n) is 4.06. The molecule has 0 fully saturated rings. The molecular weight excluding hydrogens is 354 g/mol. The summed E-state index contributed by atoms with van der Waals surface area (Å²) in [6.07, 6.45) is 3.49. The number of hydrogen-bond donors (Lipinski definition) is 1. The molecule has 1 amide bonds. The lowest BCUT2D eigenvalue weighted by atomic mass is 10.1. The molecule has 1 N–H and O–H groups in total. The molecule has 144 valence electrons. The highest BCUT2D eigenvalue weighted by Crippen LogP contribution is 2.18. The third kappa shape index (κ3) is 5.56. The highest BCUT2D eigenvalue weighted by atomic mass is 16.7. The van der Waals surface area contributed by atoms with Gasteiger partial charge in [0.25, 0.3) is 5.91 Å². The minimum absolute atomic E-state index is 0.225. The van der Waals surface area contributed by atoms with Crippen LogP contribution in [-0.2, 0) is 11.4 Å². The van der Waals surface area contributed by atoms with Gasteiger partial charge in [0.05, 0.1) is 5.56 Å². The number of ether oxygens (including phenoxy) is 1. The van der Waals surface area contributed by atoms with Crippen LogP contribution in [0.1, 0.15) is 15.9 Å².